The van der Waals surface area contributed by atoms with Gasteiger partial charge in [0.15, 0.2) is 0 Å². The average Bonchev–Trinajstić information content (AvgIpc) is 2.95. The molecular formula is C11H19N3O2. The Labute approximate surface area is 95.3 Å². The third-order valence-electron chi connectivity index (χ3n) is 2.96. The monoisotopic (exact) mass is 225 g/mol. The molecule has 0 radical (unpaired) electrons. The molecular weight excluding hydrogens is 206 g/mol. The minimum Gasteiger partial charge on any atom is -0.356 e. The highest BCUT2D eigenvalue weighted by atomic mass is 16.2. The summed E-state index contributed by atoms with van der Waals surface area (Å²) in [5.74, 6) is 0.596. The number of amides is 2. The number of nitrogens with one attached hydrogen (secondary N) is 3. The summed E-state index contributed by atoms with van der Waals surface area (Å²) >= 11 is 0. The summed E-state index contributed by atoms with van der Waals surface area (Å²) in [6, 6.07) is 0.407. The van der Waals surface area contributed by atoms with Crippen LogP contribution in [-0.2, 0) is 9.59 Å². The zero-order valence-corrected chi connectivity index (χ0v) is 9.42. The quantitative estimate of drug-likeness (QED) is 0.564. The Morgan fingerprint density at radius 1 is 1.19 bits per heavy atom. The molecule has 2 rings (SSSR count). The smallest absolute Gasteiger partial charge is 0.221 e. The van der Waals surface area contributed by atoms with Crippen molar-refractivity contribution in [2.75, 3.05) is 19.6 Å². The lowest BCUT2D eigenvalue weighted by atomic mass is 9.99. The fourth-order valence-electron chi connectivity index (χ4n) is 1.67. The van der Waals surface area contributed by atoms with E-state index in [-0.39, 0.29) is 11.8 Å². The van der Waals surface area contributed by atoms with Crippen LogP contribution in [0, 0.1) is 5.92 Å². The molecule has 3 N–H and O–H groups in total. The van der Waals surface area contributed by atoms with Gasteiger partial charge in [-0.15, -0.1) is 0 Å². The van der Waals surface area contributed by atoms with Crippen LogP contribution in [0.15, 0.2) is 0 Å². The molecule has 1 aliphatic heterocycles. The number of hydrogen-bond acceptors (Lipinski definition) is 3. The van der Waals surface area contributed by atoms with Gasteiger partial charge in [-0.3, -0.25) is 9.59 Å². The van der Waals surface area contributed by atoms with Crippen LogP contribution in [0.3, 0.4) is 0 Å². The van der Waals surface area contributed by atoms with E-state index in [4.69, 9.17) is 0 Å². The van der Waals surface area contributed by atoms with Gasteiger partial charge in [-0.1, -0.05) is 0 Å². The molecule has 5 heteroatoms. The predicted molar refractivity (Wildman–Crippen MR) is 59.8 cm³/mol. The van der Waals surface area contributed by atoms with Gasteiger partial charge < -0.3 is 16.0 Å². The lowest BCUT2D eigenvalue weighted by Crippen LogP contribution is -2.44. The minimum absolute atomic E-state index is 0.0492. The van der Waals surface area contributed by atoms with Gasteiger partial charge in [-0.2, -0.15) is 0 Å². The standard InChI is InChI=1S/C11H19N3O2/c15-10(14-9-1-2-9)3-4-13-11(16)5-8-6-12-7-8/h8-9,12H,1-7H2,(H,13,16)(H,14,15). The zero-order valence-electron chi connectivity index (χ0n) is 9.42. The molecule has 1 saturated heterocycles. The van der Waals surface area contributed by atoms with Crippen LogP contribution in [0.25, 0.3) is 0 Å². The van der Waals surface area contributed by atoms with E-state index in [1.165, 1.54) is 0 Å². The molecule has 0 atom stereocenters. The molecule has 0 bridgehead atoms. The highest BCUT2D eigenvalue weighted by Gasteiger charge is 2.23. The summed E-state index contributed by atoms with van der Waals surface area (Å²) in [5.41, 5.74) is 0. The fraction of sp³-hybridized carbons (Fsp3) is 0.818. The highest BCUT2D eigenvalue weighted by Crippen LogP contribution is 2.18. The van der Waals surface area contributed by atoms with Crippen molar-refractivity contribution >= 4 is 11.8 Å². The SMILES string of the molecule is O=C(CC1CNC1)NCCC(=O)NC1CC1. The fourth-order valence-corrected chi connectivity index (χ4v) is 1.67. The van der Waals surface area contributed by atoms with Gasteiger partial charge in [0.25, 0.3) is 0 Å². The van der Waals surface area contributed by atoms with Crippen LogP contribution in [0.1, 0.15) is 25.7 Å². The summed E-state index contributed by atoms with van der Waals surface area (Å²) in [5, 5.41) is 8.79. The molecule has 2 fully saturated rings. The van der Waals surface area contributed by atoms with Crippen molar-refractivity contribution in [3.8, 4) is 0 Å². The van der Waals surface area contributed by atoms with E-state index < -0.39 is 0 Å². The first kappa shape index (κ1) is 11.4. The van der Waals surface area contributed by atoms with E-state index >= 15 is 0 Å². The predicted octanol–water partition coefficient (Wildman–Crippen LogP) is -0.619. The first-order chi connectivity index (χ1) is 7.74. The first-order valence-electron chi connectivity index (χ1n) is 6.01. The lowest BCUT2D eigenvalue weighted by Gasteiger charge is -2.26. The topological polar surface area (TPSA) is 70.2 Å². The number of carbonyl (C=O) groups excluding carboxylic acids is 2. The third-order valence-corrected chi connectivity index (χ3v) is 2.96. The molecule has 1 aliphatic carbocycles. The Morgan fingerprint density at radius 2 is 1.94 bits per heavy atom. The Kier molecular flexibility index (Phi) is 3.77. The normalized spacial score (nSPS) is 20.0. The van der Waals surface area contributed by atoms with Gasteiger partial charge >= 0.3 is 0 Å². The van der Waals surface area contributed by atoms with Crippen LogP contribution < -0.4 is 16.0 Å². The Hall–Kier alpha value is -1.10. The second kappa shape index (κ2) is 5.30. The molecule has 0 unspecified atom stereocenters. The largest absolute Gasteiger partial charge is 0.356 e. The summed E-state index contributed by atoms with van der Waals surface area (Å²) in [6.45, 7) is 2.34. The summed E-state index contributed by atoms with van der Waals surface area (Å²) in [7, 11) is 0. The summed E-state index contributed by atoms with van der Waals surface area (Å²) < 4.78 is 0. The van der Waals surface area contributed by atoms with Crippen LogP contribution in [0.4, 0.5) is 0 Å². The molecule has 0 spiro atoms. The highest BCUT2D eigenvalue weighted by molar-refractivity contribution is 5.79. The van der Waals surface area contributed by atoms with Gasteiger partial charge in [0.05, 0.1) is 0 Å². The van der Waals surface area contributed by atoms with Crippen molar-refractivity contribution in [1.82, 2.24) is 16.0 Å². The van der Waals surface area contributed by atoms with E-state index in [0.717, 1.165) is 25.9 Å². The maximum Gasteiger partial charge on any atom is 0.221 e. The Balaban J connectivity index is 1.49. The maximum absolute atomic E-state index is 11.4. The maximum atomic E-state index is 11.4. The lowest BCUT2D eigenvalue weighted by molar-refractivity contribution is -0.123. The van der Waals surface area contributed by atoms with Crippen molar-refractivity contribution in [3.05, 3.63) is 0 Å². The Morgan fingerprint density at radius 3 is 2.50 bits per heavy atom. The van der Waals surface area contributed by atoms with Crippen molar-refractivity contribution in [1.29, 1.82) is 0 Å². The first-order valence-corrected chi connectivity index (χ1v) is 6.01. The molecule has 0 aromatic rings. The van der Waals surface area contributed by atoms with Gasteiger partial charge in [-0.25, -0.2) is 0 Å². The molecule has 90 valence electrons. The van der Waals surface area contributed by atoms with E-state index in [0.29, 0.717) is 31.3 Å². The number of carbonyl (C=O) groups is 2. The second-order valence-corrected chi connectivity index (χ2v) is 4.67. The molecule has 2 amide bonds. The molecule has 1 saturated carbocycles. The van der Waals surface area contributed by atoms with E-state index in [1.54, 1.807) is 0 Å². The average molecular weight is 225 g/mol. The Bertz CT molecular complexity index is 272. The second-order valence-electron chi connectivity index (χ2n) is 4.67. The van der Waals surface area contributed by atoms with E-state index in [2.05, 4.69) is 16.0 Å². The minimum atomic E-state index is 0.0492. The van der Waals surface area contributed by atoms with Gasteiger partial charge in [0.1, 0.15) is 0 Å². The molecule has 0 aromatic carbocycles. The molecule has 0 aromatic heterocycles. The van der Waals surface area contributed by atoms with Crippen LogP contribution in [-0.4, -0.2) is 37.5 Å². The van der Waals surface area contributed by atoms with Crippen LogP contribution in [0.2, 0.25) is 0 Å². The molecule has 16 heavy (non-hydrogen) atoms. The number of hydrogen-bond donors (Lipinski definition) is 3. The zero-order chi connectivity index (χ0) is 11.4. The van der Waals surface area contributed by atoms with Gasteiger partial charge in [0.2, 0.25) is 11.8 Å². The van der Waals surface area contributed by atoms with Crippen molar-refractivity contribution in [2.45, 2.75) is 31.7 Å². The summed E-state index contributed by atoms with van der Waals surface area (Å²) in [6.07, 6.45) is 3.18. The number of rotatable bonds is 6. The van der Waals surface area contributed by atoms with Crippen LogP contribution >= 0.6 is 0 Å². The molecule has 5 nitrogen and oxygen atoms in total. The molecule has 2 aliphatic rings. The van der Waals surface area contributed by atoms with Crippen molar-refractivity contribution in [2.24, 2.45) is 5.92 Å². The van der Waals surface area contributed by atoms with Crippen LogP contribution in [0.5, 0.6) is 0 Å². The van der Waals surface area contributed by atoms with Crippen molar-refractivity contribution < 1.29 is 9.59 Å². The van der Waals surface area contributed by atoms with E-state index in [1.807, 2.05) is 0 Å². The van der Waals surface area contributed by atoms with Gasteiger partial charge in [0, 0.05) is 25.4 Å². The summed E-state index contributed by atoms with van der Waals surface area (Å²) in [4.78, 5) is 22.7. The third kappa shape index (κ3) is 3.81. The van der Waals surface area contributed by atoms with Crippen molar-refractivity contribution in [3.63, 3.8) is 0 Å². The molecule has 1 heterocycles. The van der Waals surface area contributed by atoms with E-state index in [9.17, 15) is 9.59 Å². The van der Waals surface area contributed by atoms with Gasteiger partial charge in [-0.05, 0) is 31.8 Å².